The lowest BCUT2D eigenvalue weighted by Gasteiger charge is -2.26. The van der Waals surface area contributed by atoms with Crippen molar-refractivity contribution in [3.63, 3.8) is 0 Å². The average Bonchev–Trinajstić information content (AvgIpc) is 3.05. The van der Waals surface area contributed by atoms with Crippen LogP contribution in [0.25, 0.3) is 10.9 Å². The highest BCUT2D eigenvalue weighted by atomic mass is 16.5. The number of benzene rings is 2. The van der Waals surface area contributed by atoms with Crippen molar-refractivity contribution in [1.29, 1.82) is 0 Å². The molecular weight excluding hydrogens is 378 g/mol. The number of primary amides is 1. The highest BCUT2D eigenvalue weighted by Gasteiger charge is 2.25. The van der Waals surface area contributed by atoms with E-state index in [0.29, 0.717) is 22.9 Å². The summed E-state index contributed by atoms with van der Waals surface area (Å²) < 4.78 is 7.75. The predicted octanol–water partition coefficient (Wildman–Crippen LogP) is 4.81. The normalized spacial score (nSPS) is 14.6. The third kappa shape index (κ3) is 3.65. The molecule has 1 saturated carbocycles. The minimum absolute atomic E-state index is 0.174. The van der Waals surface area contributed by atoms with Gasteiger partial charge in [-0.1, -0.05) is 19.3 Å². The van der Waals surface area contributed by atoms with Gasteiger partial charge in [-0.15, -0.1) is 0 Å². The van der Waals surface area contributed by atoms with Gasteiger partial charge in [0.05, 0.1) is 12.7 Å². The lowest BCUT2D eigenvalue weighted by Crippen LogP contribution is -2.17. The Morgan fingerprint density at radius 3 is 2.40 bits per heavy atom. The molecule has 2 aromatic carbocycles. The van der Waals surface area contributed by atoms with E-state index in [9.17, 15) is 9.59 Å². The fourth-order valence-electron chi connectivity index (χ4n) is 4.56. The van der Waals surface area contributed by atoms with Crippen molar-refractivity contribution < 1.29 is 14.3 Å². The van der Waals surface area contributed by atoms with E-state index >= 15 is 0 Å². The Morgan fingerprint density at radius 1 is 1.07 bits per heavy atom. The van der Waals surface area contributed by atoms with Crippen molar-refractivity contribution in [3.05, 3.63) is 59.3 Å². The quantitative estimate of drug-likeness (QED) is 0.638. The molecular formula is C24H27N3O3. The molecule has 0 aliphatic heterocycles. The zero-order valence-electron chi connectivity index (χ0n) is 17.4. The summed E-state index contributed by atoms with van der Waals surface area (Å²) in [4.78, 5) is 24.6. The Bertz CT molecular complexity index is 1090. The summed E-state index contributed by atoms with van der Waals surface area (Å²) >= 11 is 0. The van der Waals surface area contributed by atoms with E-state index in [4.69, 9.17) is 10.5 Å². The highest BCUT2D eigenvalue weighted by molar-refractivity contribution is 6.14. The van der Waals surface area contributed by atoms with E-state index in [2.05, 4.69) is 9.88 Å². The van der Waals surface area contributed by atoms with Crippen molar-refractivity contribution in [2.24, 2.45) is 5.73 Å². The van der Waals surface area contributed by atoms with Gasteiger partial charge in [0.2, 0.25) is 5.91 Å². The minimum atomic E-state index is -0.494. The van der Waals surface area contributed by atoms with Crippen LogP contribution in [0.3, 0.4) is 0 Å². The van der Waals surface area contributed by atoms with Gasteiger partial charge >= 0.3 is 0 Å². The molecule has 156 valence electrons. The lowest BCUT2D eigenvalue weighted by atomic mass is 9.95. The minimum Gasteiger partial charge on any atom is -0.497 e. The number of anilines is 1. The number of aromatic nitrogens is 1. The van der Waals surface area contributed by atoms with Crippen LogP contribution in [-0.2, 0) is 0 Å². The van der Waals surface area contributed by atoms with E-state index in [1.165, 1.54) is 19.3 Å². The topological polar surface area (TPSA) is 86.3 Å². The molecule has 0 saturated heterocycles. The standard InChI is InChI=1S/C24H27N3O3/c1-15-22(24(29)26-17-10-8-16(9-11-17)23(25)28)20-14-19(30-2)12-13-21(20)27(15)18-6-4-3-5-7-18/h8-14,18H,3-7H2,1-2H3,(H2,25,28)(H,26,29). The molecule has 4 rings (SSSR count). The molecule has 0 atom stereocenters. The summed E-state index contributed by atoms with van der Waals surface area (Å²) in [5, 5.41) is 3.86. The molecule has 1 aromatic heterocycles. The van der Waals surface area contributed by atoms with Crippen LogP contribution >= 0.6 is 0 Å². The molecule has 6 heteroatoms. The molecule has 0 bridgehead atoms. The number of carbonyl (C=O) groups is 2. The van der Waals surface area contributed by atoms with Gasteiger partial charge < -0.3 is 20.4 Å². The number of nitrogens with two attached hydrogens (primary N) is 1. The van der Waals surface area contributed by atoms with Crippen molar-refractivity contribution in [1.82, 2.24) is 4.57 Å². The summed E-state index contributed by atoms with van der Waals surface area (Å²) in [6.45, 7) is 2.02. The molecule has 30 heavy (non-hydrogen) atoms. The van der Waals surface area contributed by atoms with Crippen LogP contribution in [0.1, 0.15) is 64.6 Å². The van der Waals surface area contributed by atoms with Gasteiger partial charge in [-0.25, -0.2) is 0 Å². The second-order valence-electron chi connectivity index (χ2n) is 7.90. The Labute approximate surface area is 176 Å². The number of amides is 2. The third-order valence-electron chi connectivity index (χ3n) is 6.05. The second kappa shape index (κ2) is 8.22. The molecule has 3 N–H and O–H groups in total. The van der Waals surface area contributed by atoms with E-state index in [0.717, 1.165) is 35.2 Å². The first kappa shape index (κ1) is 20.0. The average molecular weight is 405 g/mol. The number of hydrogen-bond donors (Lipinski definition) is 2. The molecule has 0 radical (unpaired) electrons. The van der Waals surface area contributed by atoms with E-state index in [-0.39, 0.29) is 5.91 Å². The number of carbonyl (C=O) groups excluding carboxylic acids is 2. The van der Waals surface area contributed by atoms with Gasteiger partial charge in [-0.2, -0.15) is 0 Å². The molecule has 0 spiro atoms. The van der Waals surface area contributed by atoms with Gasteiger partial charge in [0.15, 0.2) is 0 Å². The number of nitrogens with one attached hydrogen (secondary N) is 1. The summed E-state index contributed by atoms with van der Waals surface area (Å²) in [6, 6.07) is 12.9. The maximum Gasteiger partial charge on any atom is 0.258 e. The monoisotopic (exact) mass is 405 g/mol. The van der Waals surface area contributed by atoms with Crippen LogP contribution in [0.15, 0.2) is 42.5 Å². The third-order valence-corrected chi connectivity index (χ3v) is 6.05. The van der Waals surface area contributed by atoms with Crippen LogP contribution in [0, 0.1) is 6.92 Å². The van der Waals surface area contributed by atoms with Crippen molar-refractivity contribution in [2.45, 2.75) is 45.1 Å². The van der Waals surface area contributed by atoms with Crippen LogP contribution in [-0.4, -0.2) is 23.5 Å². The molecule has 1 aliphatic rings. The zero-order chi connectivity index (χ0) is 21.3. The van der Waals surface area contributed by atoms with Gasteiger partial charge in [0.1, 0.15) is 5.75 Å². The van der Waals surface area contributed by atoms with E-state index in [1.807, 2.05) is 25.1 Å². The lowest BCUT2D eigenvalue weighted by molar-refractivity contribution is 0.0998. The summed E-state index contributed by atoms with van der Waals surface area (Å²) in [7, 11) is 1.63. The smallest absolute Gasteiger partial charge is 0.258 e. The first-order chi connectivity index (χ1) is 14.5. The number of hydrogen-bond acceptors (Lipinski definition) is 3. The molecule has 0 unspecified atom stereocenters. The van der Waals surface area contributed by atoms with Crippen molar-refractivity contribution >= 4 is 28.4 Å². The van der Waals surface area contributed by atoms with Gasteiger partial charge in [-0.3, -0.25) is 9.59 Å². The van der Waals surface area contributed by atoms with Gasteiger partial charge in [0.25, 0.3) is 5.91 Å². The Balaban J connectivity index is 1.75. The number of methoxy groups -OCH3 is 1. The fraction of sp³-hybridized carbons (Fsp3) is 0.333. The molecule has 6 nitrogen and oxygen atoms in total. The van der Waals surface area contributed by atoms with Crippen molar-refractivity contribution in [2.75, 3.05) is 12.4 Å². The zero-order valence-corrected chi connectivity index (χ0v) is 17.4. The Hall–Kier alpha value is -3.28. The SMILES string of the molecule is COc1ccc2c(c1)c(C(=O)Nc1ccc(C(N)=O)cc1)c(C)n2C1CCCCC1. The van der Waals surface area contributed by atoms with E-state index < -0.39 is 5.91 Å². The molecule has 2 amide bonds. The maximum atomic E-state index is 13.3. The van der Waals surface area contributed by atoms with Crippen LogP contribution in [0.4, 0.5) is 5.69 Å². The van der Waals surface area contributed by atoms with Gasteiger partial charge in [0, 0.05) is 33.9 Å². The maximum absolute atomic E-state index is 13.3. The molecule has 3 aromatic rings. The first-order valence-corrected chi connectivity index (χ1v) is 10.4. The largest absolute Gasteiger partial charge is 0.497 e. The fourth-order valence-corrected chi connectivity index (χ4v) is 4.56. The van der Waals surface area contributed by atoms with Crippen LogP contribution < -0.4 is 15.8 Å². The molecule has 1 fully saturated rings. The van der Waals surface area contributed by atoms with Crippen LogP contribution in [0.2, 0.25) is 0 Å². The molecule has 1 aliphatic carbocycles. The van der Waals surface area contributed by atoms with Crippen molar-refractivity contribution in [3.8, 4) is 5.75 Å². The Morgan fingerprint density at radius 2 is 1.77 bits per heavy atom. The molecule has 1 heterocycles. The highest BCUT2D eigenvalue weighted by Crippen LogP contribution is 2.37. The second-order valence-corrected chi connectivity index (χ2v) is 7.90. The summed E-state index contributed by atoms with van der Waals surface area (Å²) in [6.07, 6.45) is 5.97. The summed E-state index contributed by atoms with van der Waals surface area (Å²) in [5.74, 6) is 0.0571. The number of rotatable bonds is 5. The van der Waals surface area contributed by atoms with Crippen LogP contribution in [0.5, 0.6) is 5.75 Å². The predicted molar refractivity (Wildman–Crippen MR) is 118 cm³/mol. The number of fused-ring (bicyclic) bond motifs is 1. The Kier molecular flexibility index (Phi) is 5.48. The number of ether oxygens (including phenoxy) is 1. The number of nitrogens with zero attached hydrogens (tertiary/aromatic N) is 1. The van der Waals surface area contributed by atoms with Gasteiger partial charge in [-0.05, 0) is 62.2 Å². The summed E-state index contributed by atoms with van der Waals surface area (Å²) in [5.41, 5.74) is 9.01. The van der Waals surface area contributed by atoms with E-state index in [1.54, 1.807) is 31.4 Å². The first-order valence-electron chi connectivity index (χ1n) is 10.4.